The van der Waals surface area contributed by atoms with Crippen LogP contribution in [0, 0.1) is 0 Å². The Balaban J connectivity index is 1.61. The van der Waals surface area contributed by atoms with Crippen molar-refractivity contribution in [3.63, 3.8) is 0 Å². The van der Waals surface area contributed by atoms with Crippen LogP contribution in [-0.2, 0) is 6.54 Å². The molecule has 0 bridgehead atoms. The number of halogens is 1. The lowest BCUT2D eigenvalue weighted by Gasteiger charge is -2.12. The number of rotatable bonds is 5. The summed E-state index contributed by atoms with van der Waals surface area (Å²) < 4.78 is 7.42. The summed E-state index contributed by atoms with van der Waals surface area (Å²) in [7, 11) is 1.66. The van der Waals surface area contributed by atoms with E-state index in [-0.39, 0.29) is 5.91 Å². The SMILES string of the molecule is COc1ccc2c(ccn2Cc2ccccc2C(=O)Nc2ccc(Cl)cc2)c1. The first-order chi connectivity index (χ1) is 13.6. The van der Waals surface area contributed by atoms with Crippen LogP contribution < -0.4 is 10.1 Å². The second-order valence-corrected chi connectivity index (χ2v) is 6.92. The predicted molar refractivity (Wildman–Crippen MR) is 113 cm³/mol. The van der Waals surface area contributed by atoms with Gasteiger partial charge in [0.25, 0.3) is 5.91 Å². The van der Waals surface area contributed by atoms with E-state index in [1.165, 1.54) is 0 Å². The van der Waals surface area contributed by atoms with E-state index in [4.69, 9.17) is 16.3 Å². The minimum absolute atomic E-state index is 0.143. The maximum atomic E-state index is 12.8. The van der Waals surface area contributed by atoms with Crippen molar-refractivity contribution in [1.82, 2.24) is 4.57 Å². The molecule has 1 heterocycles. The van der Waals surface area contributed by atoms with Crippen molar-refractivity contribution in [3.8, 4) is 5.75 Å². The Bertz CT molecular complexity index is 1130. The van der Waals surface area contributed by atoms with Gasteiger partial charge in [0.15, 0.2) is 0 Å². The molecule has 0 spiro atoms. The summed E-state index contributed by atoms with van der Waals surface area (Å²) in [5, 5.41) is 4.67. The summed E-state index contributed by atoms with van der Waals surface area (Å²) in [6.45, 7) is 0.597. The van der Waals surface area contributed by atoms with Crippen LogP contribution in [0.25, 0.3) is 10.9 Å². The minimum Gasteiger partial charge on any atom is -0.497 e. The molecular formula is C23H19ClN2O2. The number of hydrogen-bond donors (Lipinski definition) is 1. The molecule has 1 amide bonds. The molecule has 28 heavy (non-hydrogen) atoms. The van der Waals surface area contributed by atoms with E-state index in [0.29, 0.717) is 22.8 Å². The molecule has 3 aromatic carbocycles. The number of fused-ring (bicyclic) bond motifs is 1. The van der Waals surface area contributed by atoms with Crippen molar-refractivity contribution in [1.29, 1.82) is 0 Å². The van der Waals surface area contributed by atoms with Gasteiger partial charge < -0.3 is 14.6 Å². The van der Waals surface area contributed by atoms with Gasteiger partial charge >= 0.3 is 0 Å². The third kappa shape index (κ3) is 3.73. The Labute approximate surface area is 168 Å². The van der Waals surface area contributed by atoms with Crippen molar-refractivity contribution in [2.45, 2.75) is 6.54 Å². The summed E-state index contributed by atoms with van der Waals surface area (Å²) in [6.07, 6.45) is 2.03. The van der Waals surface area contributed by atoms with Crippen molar-refractivity contribution in [2.24, 2.45) is 0 Å². The van der Waals surface area contributed by atoms with Gasteiger partial charge in [0, 0.05) is 39.9 Å². The van der Waals surface area contributed by atoms with Gasteiger partial charge in [0.2, 0.25) is 0 Å². The van der Waals surface area contributed by atoms with Gasteiger partial charge in [0.05, 0.1) is 7.11 Å². The monoisotopic (exact) mass is 390 g/mol. The maximum absolute atomic E-state index is 12.8. The number of carbonyl (C=O) groups excluding carboxylic acids is 1. The Morgan fingerprint density at radius 2 is 1.82 bits per heavy atom. The van der Waals surface area contributed by atoms with E-state index < -0.39 is 0 Å². The van der Waals surface area contributed by atoms with Gasteiger partial charge in [-0.1, -0.05) is 29.8 Å². The molecule has 0 atom stereocenters. The van der Waals surface area contributed by atoms with Crippen LogP contribution in [0.3, 0.4) is 0 Å². The zero-order valence-electron chi connectivity index (χ0n) is 15.4. The molecule has 0 aliphatic carbocycles. The molecular weight excluding hydrogens is 372 g/mol. The number of aromatic nitrogens is 1. The van der Waals surface area contributed by atoms with Crippen LogP contribution in [0.15, 0.2) is 79.0 Å². The largest absolute Gasteiger partial charge is 0.497 e. The lowest BCUT2D eigenvalue weighted by Crippen LogP contribution is -2.15. The van der Waals surface area contributed by atoms with Crippen molar-refractivity contribution in [3.05, 3.63) is 95.1 Å². The number of methoxy groups -OCH3 is 1. The van der Waals surface area contributed by atoms with E-state index in [1.807, 2.05) is 54.7 Å². The number of nitrogens with zero attached hydrogens (tertiary/aromatic N) is 1. The third-order valence-corrected chi connectivity index (χ3v) is 4.93. The summed E-state index contributed by atoms with van der Waals surface area (Å²) in [5.41, 5.74) is 3.39. The van der Waals surface area contributed by atoms with Crippen LogP contribution in [0.2, 0.25) is 5.02 Å². The van der Waals surface area contributed by atoms with E-state index in [1.54, 1.807) is 31.4 Å². The Kier molecular flexibility index (Phi) is 5.04. The number of nitrogens with one attached hydrogen (secondary N) is 1. The molecule has 0 saturated heterocycles. The molecule has 1 N–H and O–H groups in total. The molecule has 5 heteroatoms. The van der Waals surface area contributed by atoms with E-state index in [9.17, 15) is 4.79 Å². The molecule has 0 fully saturated rings. The lowest BCUT2D eigenvalue weighted by atomic mass is 10.1. The highest BCUT2D eigenvalue weighted by atomic mass is 35.5. The maximum Gasteiger partial charge on any atom is 0.256 e. The minimum atomic E-state index is -0.143. The van der Waals surface area contributed by atoms with Crippen LogP contribution >= 0.6 is 11.6 Å². The summed E-state index contributed by atoms with van der Waals surface area (Å²) in [4.78, 5) is 12.8. The average Bonchev–Trinajstić information content (AvgIpc) is 3.12. The second-order valence-electron chi connectivity index (χ2n) is 6.49. The van der Waals surface area contributed by atoms with Crippen LogP contribution in [0.4, 0.5) is 5.69 Å². The number of ether oxygens (including phenoxy) is 1. The first-order valence-corrected chi connectivity index (χ1v) is 9.29. The number of amides is 1. The molecule has 4 aromatic rings. The van der Waals surface area contributed by atoms with Crippen molar-refractivity contribution < 1.29 is 9.53 Å². The van der Waals surface area contributed by atoms with Gasteiger partial charge in [-0.25, -0.2) is 0 Å². The Morgan fingerprint density at radius 3 is 2.61 bits per heavy atom. The topological polar surface area (TPSA) is 43.3 Å². The molecule has 0 unspecified atom stereocenters. The number of benzene rings is 3. The highest BCUT2D eigenvalue weighted by Gasteiger charge is 2.13. The molecule has 0 radical (unpaired) electrons. The van der Waals surface area contributed by atoms with Crippen LogP contribution in [0.5, 0.6) is 5.75 Å². The van der Waals surface area contributed by atoms with Gasteiger partial charge in [-0.3, -0.25) is 4.79 Å². The Hall–Kier alpha value is -3.24. The lowest BCUT2D eigenvalue weighted by molar-refractivity contribution is 0.102. The van der Waals surface area contributed by atoms with Gasteiger partial charge in [-0.05, 0) is 60.2 Å². The molecule has 0 saturated carbocycles. The smallest absolute Gasteiger partial charge is 0.256 e. The molecule has 140 valence electrons. The summed E-state index contributed by atoms with van der Waals surface area (Å²) in [6, 6.07) is 22.8. The fraction of sp³-hybridized carbons (Fsp3) is 0.0870. The standard InChI is InChI=1S/C23H19ClN2O2/c1-28-20-10-11-22-16(14-20)12-13-26(22)15-17-4-2-3-5-21(17)23(27)25-19-8-6-18(24)7-9-19/h2-14H,15H2,1H3,(H,25,27). The summed E-state index contributed by atoms with van der Waals surface area (Å²) in [5.74, 6) is 0.684. The second kappa shape index (κ2) is 7.79. The molecule has 0 aliphatic rings. The first-order valence-electron chi connectivity index (χ1n) is 8.92. The van der Waals surface area contributed by atoms with Crippen molar-refractivity contribution >= 4 is 34.1 Å². The average molecular weight is 391 g/mol. The quantitative estimate of drug-likeness (QED) is 0.481. The number of anilines is 1. The molecule has 4 rings (SSSR count). The normalized spacial score (nSPS) is 10.8. The highest BCUT2D eigenvalue weighted by molar-refractivity contribution is 6.30. The van der Waals surface area contributed by atoms with E-state index in [2.05, 4.69) is 9.88 Å². The van der Waals surface area contributed by atoms with Gasteiger partial charge in [0.1, 0.15) is 5.75 Å². The fourth-order valence-electron chi connectivity index (χ4n) is 3.24. The predicted octanol–water partition coefficient (Wildman–Crippen LogP) is 5.60. The van der Waals surface area contributed by atoms with Crippen LogP contribution in [0.1, 0.15) is 15.9 Å². The highest BCUT2D eigenvalue weighted by Crippen LogP contribution is 2.24. The van der Waals surface area contributed by atoms with E-state index in [0.717, 1.165) is 22.2 Å². The van der Waals surface area contributed by atoms with Crippen LogP contribution in [-0.4, -0.2) is 17.6 Å². The Morgan fingerprint density at radius 1 is 1.04 bits per heavy atom. The fourth-order valence-corrected chi connectivity index (χ4v) is 3.36. The molecule has 1 aromatic heterocycles. The van der Waals surface area contributed by atoms with Gasteiger partial charge in [-0.15, -0.1) is 0 Å². The number of hydrogen-bond acceptors (Lipinski definition) is 2. The molecule has 4 nitrogen and oxygen atoms in total. The zero-order valence-corrected chi connectivity index (χ0v) is 16.1. The van der Waals surface area contributed by atoms with Crippen molar-refractivity contribution in [2.75, 3.05) is 12.4 Å². The van der Waals surface area contributed by atoms with E-state index >= 15 is 0 Å². The summed E-state index contributed by atoms with van der Waals surface area (Å²) >= 11 is 5.91. The number of carbonyl (C=O) groups is 1. The van der Waals surface area contributed by atoms with Gasteiger partial charge in [-0.2, -0.15) is 0 Å². The molecule has 0 aliphatic heterocycles. The first kappa shape index (κ1) is 18.1. The zero-order chi connectivity index (χ0) is 19.5. The third-order valence-electron chi connectivity index (χ3n) is 4.68.